The molecule has 1 saturated heterocycles. The van der Waals surface area contributed by atoms with Crippen molar-refractivity contribution in [2.24, 2.45) is 11.8 Å². The fourth-order valence-corrected chi connectivity index (χ4v) is 4.63. The molecule has 0 aromatic carbocycles. The Morgan fingerprint density at radius 3 is 2.56 bits per heavy atom. The lowest BCUT2D eigenvalue weighted by molar-refractivity contribution is 0.161. The standard InChI is InChI=1S/C11H21NO3S/c1-8-3-2-4-9(8)5-12-10-6-16(14,15)7-11(10)13/h8-13H,2-7H2,1H3. The van der Waals surface area contributed by atoms with E-state index in [0.717, 1.165) is 12.5 Å². The van der Waals surface area contributed by atoms with Crippen molar-refractivity contribution in [2.45, 2.75) is 38.3 Å². The minimum absolute atomic E-state index is 0.0785. The summed E-state index contributed by atoms with van der Waals surface area (Å²) in [7, 11) is -3.02. The summed E-state index contributed by atoms with van der Waals surface area (Å²) in [5.41, 5.74) is 0. The molecule has 0 aromatic rings. The zero-order valence-corrected chi connectivity index (χ0v) is 10.5. The number of rotatable bonds is 3. The van der Waals surface area contributed by atoms with Crippen molar-refractivity contribution < 1.29 is 13.5 Å². The first-order valence-electron chi connectivity index (χ1n) is 6.10. The van der Waals surface area contributed by atoms with E-state index in [1.165, 1.54) is 19.3 Å². The second-order valence-electron chi connectivity index (χ2n) is 5.33. The minimum atomic E-state index is -3.02. The molecule has 2 fully saturated rings. The zero-order chi connectivity index (χ0) is 11.8. The van der Waals surface area contributed by atoms with E-state index < -0.39 is 15.9 Å². The summed E-state index contributed by atoms with van der Waals surface area (Å²) in [6.07, 6.45) is 3.06. The van der Waals surface area contributed by atoms with Crippen molar-refractivity contribution in [3.8, 4) is 0 Å². The largest absolute Gasteiger partial charge is 0.390 e. The van der Waals surface area contributed by atoms with Gasteiger partial charge in [-0.15, -0.1) is 0 Å². The molecule has 16 heavy (non-hydrogen) atoms. The van der Waals surface area contributed by atoms with Gasteiger partial charge in [-0.2, -0.15) is 0 Å². The summed E-state index contributed by atoms with van der Waals surface area (Å²) in [4.78, 5) is 0. The van der Waals surface area contributed by atoms with Crippen LogP contribution >= 0.6 is 0 Å². The maximum atomic E-state index is 11.3. The molecule has 1 aliphatic carbocycles. The predicted molar refractivity (Wildman–Crippen MR) is 63.0 cm³/mol. The van der Waals surface area contributed by atoms with Gasteiger partial charge in [-0.1, -0.05) is 19.8 Å². The monoisotopic (exact) mass is 247 g/mol. The highest BCUT2D eigenvalue weighted by Crippen LogP contribution is 2.30. The summed E-state index contributed by atoms with van der Waals surface area (Å²) in [6, 6.07) is -0.252. The molecule has 1 saturated carbocycles. The summed E-state index contributed by atoms with van der Waals surface area (Å²) in [6.45, 7) is 3.10. The molecule has 1 heterocycles. The van der Waals surface area contributed by atoms with Crippen LogP contribution in [-0.4, -0.2) is 43.7 Å². The molecule has 0 aromatic heterocycles. The van der Waals surface area contributed by atoms with Crippen LogP contribution in [0.4, 0.5) is 0 Å². The van der Waals surface area contributed by atoms with Crippen LogP contribution in [-0.2, 0) is 9.84 Å². The minimum Gasteiger partial charge on any atom is -0.390 e. The third-order valence-electron chi connectivity index (χ3n) is 4.00. The van der Waals surface area contributed by atoms with Crippen LogP contribution in [0.1, 0.15) is 26.2 Å². The van der Waals surface area contributed by atoms with Gasteiger partial charge < -0.3 is 10.4 Å². The first kappa shape index (κ1) is 12.3. The van der Waals surface area contributed by atoms with Crippen LogP contribution < -0.4 is 5.32 Å². The SMILES string of the molecule is CC1CCCC1CNC1CS(=O)(=O)CC1O. The van der Waals surface area contributed by atoms with Crippen LogP contribution in [0.25, 0.3) is 0 Å². The van der Waals surface area contributed by atoms with Crippen LogP contribution in [0.3, 0.4) is 0 Å². The van der Waals surface area contributed by atoms with E-state index >= 15 is 0 Å². The van der Waals surface area contributed by atoms with E-state index in [0.29, 0.717) is 5.92 Å². The lowest BCUT2D eigenvalue weighted by Gasteiger charge is -2.20. The molecule has 4 nitrogen and oxygen atoms in total. The molecule has 94 valence electrons. The molecule has 4 atom stereocenters. The smallest absolute Gasteiger partial charge is 0.154 e. The van der Waals surface area contributed by atoms with Gasteiger partial charge in [0.25, 0.3) is 0 Å². The summed E-state index contributed by atoms with van der Waals surface area (Å²) in [5.74, 6) is 1.39. The van der Waals surface area contributed by atoms with Gasteiger partial charge in [0.15, 0.2) is 9.84 Å². The first-order valence-corrected chi connectivity index (χ1v) is 7.92. The number of nitrogens with one attached hydrogen (secondary N) is 1. The molecule has 2 N–H and O–H groups in total. The molecular formula is C11H21NO3S. The molecule has 5 heteroatoms. The molecule has 2 aliphatic rings. The number of hydrogen-bond donors (Lipinski definition) is 2. The van der Waals surface area contributed by atoms with E-state index in [-0.39, 0.29) is 17.5 Å². The van der Waals surface area contributed by atoms with Crippen molar-refractivity contribution in [3.63, 3.8) is 0 Å². The van der Waals surface area contributed by atoms with Gasteiger partial charge in [0, 0.05) is 6.04 Å². The highest BCUT2D eigenvalue weighted by molar-refractivity contribution is 7.91. The average Bonchev–Trinajstić information content (AvgIpc) is 2.67. The van der Waals surface area contributed by atoms with Gasteiger partial charge in [-0.25, -0.2) is 8.42 Å². The van der Waals surface area contributed by atoms with Gasteiger partial charge in [0.2, 0.25) is 0 Å². The first-order chi connectivity index (χ1) is 7.48. The second kappa shape index (κ2) is 4.63. The Labute approximate surface area is 97.3 Å². The number of sulfone groups is 1. The van der Waals surface area contributed by atoms with E-state index in [2.05, 4.69) is 12.2 Å². The average molecular weight is 247 g/mol. The number of hydrogen-bond acceptors (Lipinski definition) is 4. The highest BCUT2D eigenvalue weighted by atomic mass is 32.2. The van der Waals surface area contributed by atoms with E-state index in [9.17, 15) is 13.5 Å². The Hall–Kier alpha value is -0.130. The number of aliphatic hydroxyl groups is 1. The van der Waals surface area contributed by atoms with Crippen molar-refractivity contribution in [2.75, 3.05) is 18.1 Å². The van der Waals surface area contributed by atoms with E-state index in [4.69, 9.17) is 0 Å². The van der Waals surface area contributed by atoms with Crippen molar-refractivity contribution in [1.82, 2.24) is 5.32 Å². The molecule has 1 aliphatic heterocycles. The predicted octanol–water partition coefficient (Wildman–Crippen LogP) is 0.170. The Morgan fingerprint density at radius 2 is 2.06 bits per heavy atom. The summed E-state index contributed by atoms with van der Waals surface area (Å²) < 4.78 is 22.6. The zero-order valence-electron chi connectivity index (χ0n) is 9.72. The Morgan fingerprint density at radius 1 is 1.31 bits per heavy atom. The Balaban J connectivity index is 1.82. The van der Waals surface area contributed by atoms with E-state index in [1.54, 1.807) is 0 Å². The normalized spacial score (nSPS) is 42.6. The van der Waals surface area contributed by atoms with E-state index in [1.807, 2.05) is 0 Å². The van der Waals surface area contributed by atoms with Gasteiger partial charge in [0.1, 0.15) is 0 Å². The molecule has 0 bridgehead atoms. The van der Waals surface area contributed by atoms with Crippen LogP contribution in [0.5, 0.6) is 0 Å². The molecule has 0 radical (unpaired) electrons. The molecule has 2 rings (SSSR count). The molecular weight excluding hydrogens is 226 g/mol. The van der Waals surface area contributed by atoms with Gasteiger partial charge >= 0.3 is 0 Å². The molecule has 0 amide bonds. The van der Waals surface area contributed by atoms with Gasteiger partial charge in [-0.3, -0.25) is 0 Å². The van der Waals surface area contributed by atoms with Gasteiger partial charge in [0.05, 0.1) is 17.6 Å². The quantitative estimate of drug-likeness (QED) is 0.746. The maximum absolute atomic E-state index is 11.3. The Kier molecular flexibility index (Phi) is 3.56. The Bertz CT molecular complexity index is 341. The van der Waals surface area contributed by atoms with Crippen molar-refractivity contribution in [3.05, 3.63) is 0 Å². The number of aliphatic hydroxyl groups excluding tert-OH is 1. The lowest BCUT2D eigenvalue weighted by atomic mass is 9.98. The molecule has 4 unspecified atom stereocenters. The molecule has 0 spiro atoms. The topological polar surface area (TPSA) is 66.4 Å². The highest BCUT2D eigenvalue weighted by Gasteiger charge is 2.36. The fourth-order valence-electron chi connectivity index (χ4n) is 2.85. The third-order valence-corrected chi connectivity index (χ3v) is 5.72. The lowest BCUT2D eigenvalue weighted by Crippen LogP contribution is -2.41. The third kappa shape index (κ3) is 2.76. The van der Waals surface area contributed by atoms with Gasteiger partial charge in [-0.05, 0) is 24.8 Å². The fraction of sp³-hybridized carbons (Fsp3) is 1.00. The van der Waals surface area contributed by atoms with Crippen LogP contribution in [0.2, 0.25) is 0 Å². The van der Waals surface area contributed by atoms with Crippen LogP contribution in [0.15, 0.2) is 0 Å². The van der Waals surface area contributed by atoms with Crippen molar-refractivity contribution in [1.29, 1.82) is 0 Å². The summed E-state index contributed by atoms with van der Waals surface area (Å²) in [5, 5.41) is 12.9. The van der Waals surface area contributed by atoms with Crippen LogP contribution in [0, 0.1) is 11.8 Å². The second-order valence-corrected chi connectivity index (χ2v) is 7.48. The maximum Gasteiger partial charge on any atom is 0.154 e. The van der Waals surface area contributed by atoms with Crippen molar-refractivity contribution >= 4 is 9.84 Å². The summed E-state index contributed by atoms with van der Waals surface area (Å²) >= 11 is 0.